The average molecular weight is 275 g/mol. The van der Waals surface area contributed by atoms with Gasteiger partial charge in [-0.05, 0) is 5.92 Å². The molecule has 1 heterocycles. The molecule has 8 heteroatoms. The highest BCUT2D eigenvalue weighted by Gasteiger charge is 2.49. The second-order valence-corrected chi connectivity index (χ2v) is 4.77. The summed E-state index contributed by atoms with van der Waals surface area (Å²) in [5, 5.41) is 8.81. The van der Waals surface area contributed by atoms with Crippen molar-refractivity contribution in [1.29, 1.82) is 5.26 Å². The second-order valence-electron chi connectivity index (χ2n) is 4.77. The summed E-state index contributed by atoms with van der Waals surface area (Å²) in [6.07, 6.45) is -3.13. The Morgan fingerprint density at radius 1 is 1.53 bits per heavy atom. The summed E-state index contributed by atoms with van der Waals surface area (Å²) in [7, 11) is 0. The predicted molar refractivity (Wildman–Crippen MR) is 60.0 cm³/mol. The van der Waals surface area contributed by atoms with Gasteiger partial charge in [0.05, 0.1) is 12.6 Å². The van der Waals surface area contributed by atoms with E-state index >= 15 is 0 Å². The zero-order valence-electron chi connectivity index (χ0n) is 10.6. The molecule has 0 aromatic rings. The average Bonchev–Trinajstić information content (AvgIpc) is 2.60. The maximum absolute atomic E-state index is 13.2. The molecule has 2 amide bonds. The molecule has 1 fully saturated rings. The van der Waals surface area contributed by atoms with Gasteiger partial charge < -0.3 is 15.4 Å². The number of likely N-dealkylation sites (tertiary alicyclic amines) is 1. The number of nitrogens with zero attached hydrogens (tertiary/aromatic N) is 2. The van der Waals surface area contributed by atoms with Crippen molar-refractivity contribution in [2.24, 2.45) is 11.7 Å². The van der Waals surface area contributed by atoms with Crippen LogP contribution in [0.15, 0.2) is 0 Å². The van der Waals surface area contributed by atoms with Crippen molar-refractivity contribution in [3.05, 3.63) is 0 Å². The van der Waals surface area contributed by atoms with Crippen molar-refractivity contribution >= 4 is 12.0 Å². The Hall–Kier alpha value is -1.91. The zero-order chi connectivity index (χ0) is 14.8. The number of rotatable bonds is 3. The lowest BCUT2D eigenvalue weighted by Crippen LogP contribution is -2.47. The molecule has 106 valence electrons. The van der Waals surface area contributed by atoms with E-state index in [1.165, 1.54) is 0 Å². The Labute approximate surface area is 109 Å². The van der Waals surface area contributed by atoms with E-state index in [0.29, 0.717) is 0 Å². The van der Waals surface area contributed by atoms with E-state index < -0.39 is 49.0 Å². The van der Waals surface area contributed by atoms with Crippen molar-refractivity contribution in [3.63, 3.8) is 0 Å². The first-order chi connectivity index (χ1) is 8.68. The standard InChI is InChI=1S/C11H15F2N3O3/c1-6(2)8(19-10(15)18)9(17)16-5-11(12,13)3-7(16)4-14/h6-8H,3,5H2,1-2H3,(H2,15,18)/t7-,8-/m0/s1. The Morgan fingerprint density at radius 2 is 2.11 bits per heavy atom. The molecule has 1 aliphatic heterocycles. The summed E-state index contributed by atoms with van der Waals surface area (Å²) in [4.78, 5) is 23.6. The quantitative estimate of drug-likeness (QED) is 0.826. The summed E-state index contributed by atoms with van der Waals surface area (Å²) in [5.41, 5.74) is 4.84. The molecule has 0 aromatic heterocycles. The third-order valence-corrected chi connectivity index (χ3v) is 2.79. The van der Waals surface area contributed by atoms with Crippen LogP contribution >= 0.6 is 0 Å². The minimum Gasteiger partial charge on any atom is -0.436 e. The van der Waals surface area contributed by atoms with Gasteiger partial charge >= 0.3 is 6.09 Å². The van der Waals surface area contributed by atoms with Crippen molar-refractivity contribution < 1.29 is 23.1 Å². The molecule has 1 rings (SSSR count). The fraction of sp³-hybridized carbons (Fsp3) is 0.727. The molecule has 2 N–H and O–H groups in total. The molecule has 0 saturated carbocycles. The Balaban J connectivity index is 2.91. The van der Waals surface area contributed by atoms with E-state index in [-0.39, 0.29) is 0 Å². The van der Waals surface area contributed by atoms with E-state index in [1.807, 2.05) is 0 Å². The van der Waals surface area contributed by atoms with Crippen molar-refractivity contribution in [2.45, 2.75) is 38.3 Å². The monoisotopic (exact) mass is 275 g/mol. The van der Waals surface area contributed by atoms with Crippen molar-refractivity contribution in [2.75, 3.05) is 6.54 Å². The lowest BCUT2D eigenvalue weighted by molar-refractivity contribution is -0.143. The number of amides is 2. The van der Waals surface area contributed by atoms with Crippen LogP contribution in [0.1, 0.15) is 20.3 Å². The third kappa shape index (κ3) is 3.53. The number of nitriles is 1. The zero-order valence-corrected chi connectivity index (χ0v) is 10.6. The van der Waals surface area contributed by atoms with E-state index in [1.54, 1.807) is 19.9 Å². The van der Waals surface area contributed by atoms with E-state index in [0.717, 1.165) is 4.90 Å². The summed E-state index contributed by atoms with van der Waals surface area (Å²) >= 11 is 0. The fourth-order valence-corrected chi connectivity index (χ4v) is 1.92. The number of primary amides is 1. The van der Waals surface area contributed by atoms with Crippen LogP contribution in [-0.4, -0.2) is 41.5 Å². The Kier molecular flexibility index (Phi) is 4.29. The summed E-state index contributed by atoms with van der Waals surface area (Å²) in [6, 6.07) is 0.429. The van der Waals surface area contributed by atoms with Gasteiger partial charge in [0.1, 0.15) is 6.04 Å². The lowest BCUT2D eigenvalue weighted by atomic mass is 10.1. The Bertz CT molecular complexity index is 420. The molecule has 2 atom stereocenters. The number of ether oxygens (including phenoxy) is 1. The molecule has 0 unspecified atom stereocenters. The number of nitrogens with two attached hydrogens (primary N) is 1. The van der Waals surface area contributed by atoms with Gasteiger partial charge in [0.25, 0.3) is 11.8 Å². The van der Waals surface area contributed by atoms with Crippen molar-refractivity contribution in [3.8, 4) is 6.07 Å². The van der Waals surface area contributed by atoms with Crippen LogP contribution in [0.4, 0.5) is 13.6 Å². The first kappa shape index (κ1) is 15.1. The maximum Gasteiger partial charge on any atom is 0.405 e. The normalized spacial score (nSPS) is 22.9. The van der Waals surface area contributed by atoms with Gasteiger partial charge in [0, 0.05) is 6.42 Å². The molecular formula is C11H15F2N3O3. The summed E-state index contributed by atoms with van der Waals surface area (Å²) < 4.78 is 31.1. The van der Waals surface area contributed by atoms with Gasteiger partial charge in [0.2, 0.25) is 0 Å². The number of hydrogen-bond donors (Lipinski definition) is 1. The van der Waals surface area contributed by atoms with Gasteiger partial charge in [-0.1, -0.05) is 13.8 Å². The Morgan fingerprint density at radius 3 is 2.53 bits per heavy atom. The van der Waals surface area contributed by atoms with E-state index in [2.05, 4.69) is 4.74 Å². The van der Waals surface area contributed by atoms with Gasteiger partial charge in [-0.15, -0.1) is 0 Å². The van der Waals surface area contributed by atoms with Crippen LogP contribution in [-0.2, 0) is 9.53 Å². The molecule has 6 nitrogen and oxygen atoms in total. The first-order valence-electron chi connectivity index (χ1n) is 5.72. The first-order valence-corrected chi connectivity index (χ1v) is 5.72. The van der Waals surface area contributed by atoms with Crippen LogP contribution < -0.4 is 5.73 Å². The minimum absolute atomic E-state index is 0.437. The molecule has 0 bridgehead atoms. The molecule has 1 aliphatic rings. The van der Waals surface area contributed by atoms with Crippen LogP contribution in [0, 0.1) is 17.2 Å². The van der Waals surface area contributed by atoms with Crippen molar-refractivity contribution in [1.82, 2.24) is 4.90 Å². The SMILES string of the molecule is CC(C)[C@H](OC(N)=O)C(=O)N1CC(F)(F)C[C@H]1C#N. The number of carbonyl (C=O) groups excluding carboxylic acids is 2. The third-order valence-electron chi connectivity index (χ3n) is 2.79. The van der Waals surface area contributed by atoms with Gasteiger partial charge in [0.15, 0.2) is 6.10 Å². The molecule has 0 aliphatic carbocycles. The molecule has 0 aromatic carbocycles. The highest BCUT2D eigenvalue weighted by molar-refractivity contribution is 5.84. The minimum atomic E-state index is -3.11. The summed E-state index contributed by atoms with van der Waals surface area (Å²) in [5.74, 6) is -4.37. The van der Waals surface area contributed by atoms with E-state index in [4.69, 9.17) is 11.0 Å². The van der Waals surface area contributed by atoms with Crippen LogP contribution in [0.5, 0.6) is 0 Å². The van der Waals surface area contributed by atoms with Gasteiger partial charge in [-0.2, -0.15) is 5.26 Å². The van der Waals surface area contributed by atoms with Gasteiger partial charge in [-0.3, -0.25) is 4.79 Å². The molecule has 0 spiro atoms. The van der Waals surface area contributed by atoms with Gasteiger partial charge in [-0.25, -0.2) is 13.6 Å². The van der Waals surface area contributed by atoms with Crippen LogP contribution in [0.3, 0.4) is 0 Å². The smallest absolute Gasteiger partial charge is 0.405 e. The highest BCUT2D eigenvalue weighted by atomic mass is 19.3. The van der Waals surface area contributed by atoms with E-state index in [9.17, 15) is 18.4 Å². The number of hydrogen-bond acceptors (Lipinski definition) is 4. The highest BCUT2D eigenvalue weighted by Crippen LogP contribution is 2.32. The van der Waals surface area contributed by atoms with Crippen LogP contribution in [0.2, 0.25) is 0 Å². The maximum atomic E-state index is 13.2. The fourth-order valence-electron chi connectivity index (χ4n) is 1.92. The topological polar surface area (TPSA) is 96.4 Å². The summed E-state index contributed by atoms with van der Waals surface area (Å²) in [6.45, 7) is 2.32. The predicted octanol–water partition coefficient (Wildman–Crippen LogP) is 0.866. The largest absolute Gasteiger partial charge is 0.436 e. The number of carbonyl (C=O) groups is 2. The molecule has 19 heavy (non-hydrogen) atoms. The lowest BCUT2D eigenvalue weighted by Gasteiger charge is -2.26. The molecule has 1 saturated heterocycles. The van der Waals surface area contributed by atoms with Crippen LogP contribution in [0.25, 0.3) is 0 Å². The number of halogens is 2. The number of alkyl halides is 2. The molecule has 0 radical (unpaired) electrons. The second kappa shape index (κ2) is 5.38. The molecular weight excluding hydrogens is 260 g/mol.